The summed E-state index contributed by atoms with van der Waals surface area (Å²) in [5, 5.41) is 4.38. The summed E-state index contributed by atoms with van der Waals surface area (Å²) in [6.45, 7) is 0.847. The highest BCUT2D eigenvalue weighted by Gasteiger charge is 2.62. The number of pyridine rings is 1. The van der Waals surface area contributed by atoms with Gasteiger partial charge >= 0.3 is 12.2 Å². The molecule has 0 aliphatic carbocycles. The van der Waals surface area contributed by atoms with Crippen molar-refractivity contribution in [1.82, 2.24) is 20.0 Å². The van der Waals surface area contributed by atoms with Crippen LogP contribution in [0.25, 0.3) is 5.52 Å². The Morgan fingerprint density at radius 2 is 2.00 bits per heavy atom. The number of aromatic nitrogens is 2. The second-order valence-electron chi connectivity index (χ2n) is 6.97. The van der Waals surface area contributed by atoms with E-state index in [1.807, 2.05) is 5.32 Å². The first kappa shape index (κ1) is 17.6. The Morgan fingerprint density at radius 1 is 1.26 bits per heavy atom. The number of piperidine rings is 1. The van der Waals surface area contributed by atoms with E-state index >= 15 is 4.39 Å². The minimum atomic E-state index is -4.57. The largest absolute Gasteiger partial charge is 0.416 e. The van der Waals surface area contributed by atoms with E-state index < -0.39 is 34.9 Å². The molecule has 0 radical (unpaired) electrons. The fourth-order valence-electron chi connectivity index (χ4n) is 3.79. The minimum absolute atomic E-state index is 0.0712. The van der Waals surface area contributed by atoms with Crippen molar-refractivity contribution >= 4 is 23.3 Å². The molecule has 0 bridgehead atoms. The number of nitrogens with one attached hydrogen (secondary N) is 2. The molecular formula is C16H15F4N5O2. The molecule has 2 saturated heterocycles. The van der Waals surface area contributed by atoms with Crippen LogP contribution in [0.5, 0.6) is 0 Å². The molecule has 2 atom stereocenters. The minimum Gasteiger partial charge on any atom is -0.354 e. The standard InChI is InChI=1S/C16H15F4N5O2/c1-14(17)7-24(3-2-15(14)12(26)22-13(27)23-15)11-5-9(16(18,19)20)4-10-6-21-8-25(10)11/h4-6,8H,2-3,7H2,1H3,(H2,22,23,26,27). The molecule has 1 spiro atoms. The number of alkyl halides is 4. The van der Waals surface area contributed by atoms with Gasteiger partial charge in [-0.15, -0.1) is 0 Å². The molecule has 2 aliphatic rings. The monoisotopic (exact) mass is 385 g/mol. The van der Waals surface area contributed by atoms with Crippen LogP contribution in [0.2, 0.25) is 0 Å². The van der Waals surface area contributed by atoms with Gasteiger partial charge in [0.2, 0.25) is 0 Å². The smallest absolute Gasteiger partial charge is 0.354 e. The van der Waals surface area contributed by atoms with Crippen LogP contribution in [0.1, 0.15) is 18.9 Å². The van der Waals surface area contributed by atoms with Crippen LogP contribution in [-0.4, -0.2) is 45.6 Å². The zero-order valence-electron chi connectivity index (χ0n) is 14.1. The lowest BCUT2D eigenvalue weighted by Gasteiger charge is -2.46. The van der Waals surface area contributed by atoms with Crippen LogP contribution in [0, 0.1) is 0 Å². The highest BCUT2D eigenvalue weighted by molar-refractivity contribution is 6.08. The first-order valence-electron chi connectivity index (χ1n) is 8.14. The normalized spacial score (nSPS) is 28.7. The fraction of sp³-hybridized carbons (Fsp3) is 0.438. The number of hydrogen-bond donors (Lipinski definition) is 2. The van der Waals surface area contributed by atoms with Gasteiger partial charge in [0.1, 0.15) is 12.1 Å². The lowest BCUT2D eigenvalue weighted by atomic mass is 9.76. The summed E-state index contributed by atoms with van der Waals surface area (Å²) in [7, 11) is 0. The van der Waals surface area contributed by atoms with Gasteiger partial charge in [0.05, 0.1) is 23.8 Å². The van der Waals surface area contributed by atoms with Crippen molar-refractivity contribution in [3.05, 3.63) is 30.2 Å². The molecule has 0 saturated carbocycles. The van der Waals surface area contributed by atoms with Crippen molar-refractivity contribution in [2.75, 3.05) is 18.0 Å². The predicted molar refractivity (Wildman–Crippen MR) is 85.9 cm³/mol. The Hall–Kier alpha value is -2.85. The van der Waals surface area contributed by atoms with Crippen molar-refractivity contribution < 1.29 is 27.2 Å². The summed E-state index contributed by atoms with van der Waals surface area (Å²) in [5.41, 5.74) is -4.61. The van der Waals surface area contributed by atoms with E-state index in [4.69, 9.17) is 0 Å². The Bertz CT molecular complexity index is 954. The highest BCUT2D eigenvalue weighted by Crippen LogP contribution is 2.40. The average molecular weight is 385 g/mol. The quantitative estimate of drug-likeness (QED) is 0.580. The average Bonchev–Trinajstić information content (AvgIpc) is 3.13. The lowest BCUT2D eigenvalue weighted by Crippen LogP contribution is -2.69. The van der Waals surface area contributed by atoms with Crippen molar-refractivity contribution in [1.29, 1.82) is 0 Å². The number of amides is 3. The molecule has 144 valence electrons. The summed E-state index contributed by atoms with van der Waals surface area (Å²) in [4.78, 5) is 28.9. The number of halogens is 4. The van der Waals surface area contributed by atoms with Crippen molar-refractivity contribution in [3.63, 3.8) is 0 Å². The predicted octanol–water partition coefficient (Wildman–Crippen LogP) is 1.87. The number of nitrogens with zero attached hydrogens (tertiary/aromatic N) is 3. The Morgan fingerprint density at radius 3 is 2.59 bits per heavy atom. The Balaban J connectivity index is 1.75. The van der Waals surface area contributed by atoms with E-state index in [0.717, 1.165) is 19.1 Å². The fourth-order valence-corrected chi connectivity index (χ4v) is 3.79. The summed E-state index contributed by atoms with van der Waals surface area (Å²) in [5.74, 6) is -0.658. The van der Waals surface area contributed by atoms with E-state index in [1.165, 1.54) is 21.8 Å². The van der Waals surface area contributed by atoms with Crippen LogP contribution in [-0.2, 0) is 11.0 Å². The molecule has 2 aromatic heterocycles. The van der Waals surface area contributed by atoms with E-state index in [0.29, 0.717) is 0 Å². The van der Waals surface area contributed by atoms with Gasteiger partial charge in [-0.05, 0) is 19.1 Å². The third-order valence-corrected chi connectivity index (χ3v) is 5.23. The number of carbonyl (C=O) groups excluding carboxylic acids is 2. The lowest BCUT2D eigenvalue weighted by molar-refractivity contribution is -0.137. The third kappa shape index (κ3) is 2.52. The van der Waals surface area contributed by atoms with Crippen LogP contribution < -0.4 is 15.5 Å². The van der Waals surface area contributed by atoms with E-state index in [-0.39, 0.29) is 30.8 Å². The Kier molecular flexibility index (Phi) is 3.47. The molecule has 3 amide bonds. The van der Waals surface area contributed by atoms with Crippen molar-refractivity contribution in [3.8, 4) is 0 Å². The summed E-state index contributed by atoms with van der Waals surface area (Å²) < 4.78 is 56.6. The number of imide groups is 1. The van der Waals surface area contributed by atoms with Crippen LogP contribution in [0.4, 0.5) is 28.2 Å². The third-order valence-electron chi connectivity index (χ3n) is 5.23. The van der Waals surface area contributed by atoms with Gasteiger partial charge in [-0.1, -0.05) is 0 Å². The maximum Gasteiger partial charge on any atom is 0.416 e. The number of carbonyl (C=O) groups is 2. The summed E-state index contributed by atoms with van der Waals surface area (Å²) in [6.07, 6.45) is -2.04. The molecular weight excluding hydrogens is 370 g/mol. The molecule has 4 rings (SSSR count). The molecule has 2 aliphatic heterocycles. The first-order chi connectivity index (χ1) is 12.5. The highest BCUT2D eigenvalue weighted by atomic mass is 19.4. The van der Waals surface area contributed by atoms with Crippen LogP contribution in [0.3, 0.4) is 0 Å². The Labute approximate surface area is 150 Å². The molecule has 11 heteroatoms. The van der Waals surface area contributed by atoms with E-state index in [9.17, 15) is 22.8 Å². The second-order valence-corrected chi connectivity index (χ2v) is 6.97. The SMILES string of the molecule is CC1(F)CN(c2cc(C(F)(F)F)cc3cncn23)CCC12NC(=O)NC2=O. The first-order valence-corrected chi connectivity index (χ1v) is 8.14. The molecule has 2 aromatic rings. The van der Waals surface area contributed by atoms with Gasteiger partial charge in [-0.2, -0.15) is 13.2 Å². The number of fused-ring (bicyclic) bond motifs is 1. The van der Waals surface area contributed by atoms with E-state index in [1.54, 1.807) is 0 Å². The number of urea groups is 1. The van der Waals surface area contributed by atoms with Crippen molar-refractivity contribution in [2.45, 2.75) is 30.7 Å². The molecule has 2 fully saturated rings. The molecule has 2 unspecified atom stereocenters. The van der Waals surface area contributed by atoms with Gasteiger partial charge in [0, 0.05) is 13.0 Å². The van der Waals surface area contributed by atoms with Gasteiger partial charge in [-0.25, -0.2) is 14.2 Å². The number of hydrogen-bond acceptors (Lipinski definition) is 4. The molecule has 4 heterocycles. The second kappa shape index (κ2) is 5.33. The zero-order valence-corrected chi connectivity index (χ0v) is 14.1. The van der Waals surface area contributed by atoms with Crippen molar-refractivity contribution in [2.24, 2.45) is 0 Å². The van der Waals surface area contributed by atoms with Gasteiger partial charge in [-0.3, -0.25) is 14.5 Å². The van der Waals surface area contributed by atoms with Gasteiger partial charge < -0.3 is 10.2 Å². The molecule has 0 aromatic carbocycles. The maximum atomic E-state index is 15.5. The number of anilines is 1. The molecule has 27 heavy (non-hydrogen) atoms. The van der Waals surface area contributed by atoms with Crippen LogP contribution in [0.15, 0.2) is 24.7 Å². The summed E-state index contributed by atoms with van der Waals surface area (Å²) >= 11 is 0. The van der Waals surface area contributed by atoms with Gasteiger partial charge in [0.15, 0.2) is 11.2 Å². The zero-order chi connectivity index (χ0) is 19.6. The molecule has 7 nitrogen and oxygen atoms in total. The molecule has 2 N–H and O–H groups in total. The van der Waals surface area contributed by atoms with E-state index in [2.05, 4.69) is 10.3 Å². The topological polar surface area (TPSA) is 78.7 Å². The number of imidazole rings is 1. The summed E-state index contributed by atoms with van der Waals surface area (Å²) in [6, 6.07) is 1.10. The van der Waals surface area contributed by atoms with Gasteiger partial charge in [0.25, 0.3) is 5.91 Å². The van der Waals surface area contributed by atoms with Crippen LogP contribution >= 0.6 is 0 Å². The maximum absolute atomic E-state index is 15.5. The number of rotatable bonds is 1.